The Morgan fingerprint density at radius 3 is 2.25 bits per heavy atom. The number of halogens is 3. The van der Waals surface area contributed by atoms with Crippen molar-refractivity contribution in [2.75, 3.05) is 0 Å². The van der Waals surface area contributed by atoms with Gasteiger partial charge < -0.3 is 0 Å². The maximum absolute atomic E-state index is 15.3. The molecule has 0 N–H and O–H groups in total. The van der Waals surface area contributed by atoms with Crippen molar-refractivity contribution in [2.24, 2.45) is 0 Å². The molecule has 0 bridgehead atoms. The minimum absolute atomic E-state index is 0.0884. The van der Waals surface area contributed by atoms with Gasteiger partial charge in [0.25, 0.3) is 0 Å². The summed E-state index contributed by atoms with van der Waals surface area (Å²) in [5.74, 6) is -2.17. The summed E-state index contributed by atoms with van der Waals surface area (Å²) in [6.07, 6.45) is 8.73. The molecular formula is C29H31F3. The summed E-state index contributed by atoms with van der Waals surface area (Å²) in [6, 6.07) is 10.9. The molecule has 0 aliphatic heterocycles. The molecule has 0 aromatic heterocycles. The highest BCUT2D eigenvalue weighted by molar-refractivity contribution is 5.79. The van der Waals surface area contributed by atoms with Crippen LogP contribution in [0, 0.1) is 18.6 Å². The van der Waals surface area contributed by atoms with Crippen molar-refractivity contribution in [2.45, 2.75) is 59.3 Å². The Kier molecular flexibility index (Phi) is 7.28. The maximum atomic E-state index is 15.3. The van der Waals surface area contributed by atoms with E-state index in [1.165, 1.54) is 6.08 Å². The molecular weight excluding hydrogens is 405 g/mol. The van der Waals surface area contributed by atoms with Crippen molar-refractivity contribution in [1.82, 2.24) is 0 Å². The van der Waals surface area contributed by atoms with Gasteiger partial charge in [-0.25, -0.2) is 13.2 Å². The summed E-state index contributed by atoms with van der Waals surface area (Å²) in [5.41, 5.74) is 3.72. The summed E-state index contributed by atoms with van der Waals surface area (Å²) >= 11 is 0. The van der Waals surface area contributed by atoms with Crippen molar-refractivity contribution < 1.29 is 13.2 Å². The number of rotatable bonds is 6. The Bertz CT molecular complexity index is 1110. The Labute approximate surface area is 189 Å². The van der Waals surface area contributed by atoms with Gasteiger partial charge in [-0.05, 0) is 63.3 Å². The van der Waals surface area contributed by atoms with Crippen LogP contribution in [0.3, 0.4) is 0 Å². The number of hydrogen-bond donors (Lipinski definition) is 0. The minimum Gasteiger partial charge on any atom is -0.211 e. The lowest BCUT2D eigenvalue weighted by Crippen LogP contribution is -2.24. The van der Waals surface area contributed by atoms with Gasteiger partial charge in [-0.2, -0.15) is 0 Å². The Hall–Kier alpha value is -2.81. The molecule has 1 aliphatic carbocycles. The zero-order valence-electron chi connectivity index (χ0n) is 19.5. The molecule has 0 spiro atoms. The summed E-state index contributed by atoms with van der Waals surface area (Å²) in [6.45, 7) is 9.74. The second kappa shape index (κ2) is 9.77. The van der Waals surface area contributed by atoms with E-state index < -0.39 is 17.0 Å². The molecule has 0 saturated carbocycles. The van der Waals surface area contributed by atoms with Crippen LogP contribution in [0.5, 0.6) is 0 Å². The van der Waals surface area contributed by atoms with E-state index in [1.807, 2.05) is 71.0 Å². The first-order chi connectivity index (χ1) is 15.2. The molecule has 0 heterocycles. The molecule has 3 heteroatoms. The van der Waals surface area contributed by atoms with E-state index in [-0.39, 0.29) is 17.0 Å². The van der Waals surface area contributed by atoms with Gasteiger partial charge in [0, 0.05) is 16.5 Å². The van der Waals surface area contributed by atoms with Gasteiger partial charge in [-0.15, -0.1) is 0 Å². The molecule has 2 aromatic rings. The van der Waals surface area contributed by atoms with E-state index in [4.69, 9.17) is 0 Å². The van der Waals surface area contributed by atoms with Crippen molar-refractivity contribution in [3.05, 3.63) is 106 Å². The van der Waals surface area contributed by atoms with Crippen molar-refractivity contribution in [3.8, 4) is 0 Å². The van der Waals surface area contributed by atoms with Crippen LogP contribution >= 0.6 is 0 Å². The van der Waals surface area contributed by atoms with Crippen LogP contribution in [0.15, 0.2) is 72.1 Å². The molecule has 32 heavy (non-hydrogen) atoms. The average Bonchev–Trinajstić information content (AvgIpc) is 2.76. The molecule has 0 amide bonds. The largest absolute Gasteiger partial charge is 0.211 e. The highest BCUT2D eigenvalue weighted by Crippen LogP contribution is 2.43. The minimum atomic E-state index is -0.934. The van der Waals surface area contributed by atoms with Gasteiger partial charge >= 0.3 is 0 Å². The van der Waals surface area contributed by atoms with Crippen LogP contribution in [-0.4, -0.2) is 0 Å². The fourth-order valence-electron chi connectivity index (χ4n) is 4.00. The number of benzene rings is 2. The van der Waals surface area contributed by atoms with Gasteiger partial charge in [-0.1, -0.05) is 79.1 Å². The van der Waals surface area contributed by atoms with Gasteiger partial charge in [0.2, 0.25) is 0 Å². The smallest absolute Gasteiger partial charge is 0.167 e. The fourth-order valence-corrected chi connectivity index (χ4v) is 4.00. The highest BCUT2D eigenvalue weighted by atomic mass is 19.2. The molecule has 0 nitrogen and oxygen atoms in total. The van der Waals surface area contributed by atoms with Crippen LogP contribution in [0.25, 0.3) is 11.1 Å². The zero-order chi connectivity index (χ0) is 23.5. The summed E-state index contributed by atoms with van der Waals surface area (Å²) in [4.78, 5) is 0. The monoisotopic (exact) mass is 436 g/mol. The molecule has 1 atom stereocenters. The molecule has 0 radical (unpaired) electrons. The topological polar surface area (TPSA) is 0 Å². The third-order valence-electron chi connectivity index (χ3n) is 6.10. The highest BCUT2D eigenvalue weighted by Gasteiger charge is 2.34. The molecule has 0 fully saturated rings. The summed E-state index contributed by atoms with van der Waals surface area (Å²) in [5, 5.41) is 0. The maximum Gasteiger partial charge on any atom is 0.167 e. The summed E-state index contributed by atoms with van der Waals surface area (Å²) in [7, 11) is 0. The third kappa shape index (κ3) is 4.82. The number of aryl methyl sites for hydroxylation is 1. The molecule has 1 aliphatic rings. The Morgan fingerprint density at radius 1 is 0.969 bits per heavy atom. The van der Waals surface area contributed by atoms with E-state index in [0.29, 0.717) is 18.4 Å². The van der Waals surface area contributed by atoms with Gasteiger partial charge in [0.15, 0.2) is 11.6 Å². The first-order valence-corrected chi connectivity index (χ1v) is 11.1. The fraction of sp³-hybridized carbons (Fsp3) is 0.310. The van der Waals surface area contributed by atoms with E-state index in [9.17, 15) is 0 Å². The van der Waals surface area contributed by atoms with Crippen LogP contribution in [-0.2, 0) is 5.41 Å². The van der Waals surface area contributed by atoms with E-state index in [0.717, 1.165) is 28.7 Å². The van der Waals surface area contributed by atoms with Crippen LogP contribution in [0.2, 0.25) is 0 Å². The Balaban J connectivity index is 1.97. The molecule has 3 rings (SSSR count). The SMILES string of the molecule is CCCC(=CC=C(C)C)c1ccc(C2=CCC(C)(c3ccc(C)cc3)C(F)=C2)c(F)c1F. The third-order valence-corrected chi connectivity index (χ3v) is 6.10. The molecule has 1 unspecified atom stereocenters. The quantitative estimate of drug-likeness (QED) is 0.396. The van der Waals surface area contributed by atoms with E-state index in [2.05, 4.69) is 0 Å². The Morgan fingerprint density at radius 2 is 1.66 bits per heavy atom. The van der Waals surface area contributed by atoms with Crippen LogP contribution < -0.4 is 0 Å². The predicted molar refractivity (Wildman–Crippen MR) is 129 cm³/mol. The zero-order valence-corrected chi connectivity index (χ0v) is 19.5. The van der Waals surface area contributed by atoms with E-state index >= 15 is 13.2 Å². The first-order valence-electron chi connectivity index (χ1n) is 11.1. The predicted octanol–water partition coefficient (Wildman–Crippen LogP) is 9.02. The second-order valence-corrected chi connectivity index (χ2v) is 9.03. The lowest BCUT2D eigenvalue weighted by atomic mass is 9.74. The number of hydrogen-bond acceptors (Lipinski definition) is 0. The lowest BCUT2D eigenvalue weighted by molar-refractivity contribution is 0.426. The molecule has 0 saturated heterocycles. The standard InChI is InChI=1S/C29H31F3/c1-6-7-21(11-8-19(2)3)24-14-15-25(28(32)27(24)31)22-16-17-29(5,26(30)18-22)23-12-9-20(4)10-13-23/h8-16,18H,6-7,17H2,1-5H3. The molecule has 2 aromatic carbocycles. The summed E-state index contributed by atoms with van der Waals surface area (Å²) < 4.78 is 45.5. The van der Waals surface area contributed by atoms with Gasteiger partial charge in [0.05, 0.1) is 0 Å². The van der Waals surface area contributed by atoms with Crippen molar-refractivity contribution in [1.29, 1.82) is 0 Å². The van der Waals surface area contributed by atoms with Crippen LogP contribution in [0.1, 0.15) is 69.2 Å². The normalized spacial score (nSPS) is 18.8. The van der Waals surface area contributed by atoms with Crippen LogP contribution in [0.4, 0.5) is 13.2 Å². The van der Waals surface area contributed by atoms with Gasteiger partial charge in [-0.3, -0.25) is 0 Å². The average molecular weight is 437 g/mol. The van der Waals surface area contributed by atoms with Crippen molar-refractivity contribution in [3.63, 3.8) is 0 Å². The second-order valence-electron chi connectivity index (χ2n) is 9.03. The lowest BCUT2D eigenvalue weighted by Gasteiger charge is -2.31. The number of allylic oxidation sites excluding steroid dienone is 8. The van der Waals surface area contributed by atoms with Gasteiger partial charge in [0.1, 0.15) is 5.83 Å². The molecule has 168 valence electrons. The van der Waals surface area contributed by atoms with Crippen molar-refractivity contribution >= 4 is 11.1 Å². The first kappa shape index (κ1) is 23.8. The van der Waals surface area contributed by atoms with E-state index in [1.54, 1.807) is 18.2 Å².